The molecule has 1 aliphatic carbocycles. The summed E-state index contributed by atoms with van der Waals surface area (Å²) in [7, 11) is 0. The van der Waals surface area contributed by atoms with Crippen LogP contribution in [-0.4, -0.2) is 36.6 Å². The average Bonchev–Trinajstić information content (AvgIpc) is 2.76. The van der Waals surface area contributed by atoms with Crippen LogP contribution in [0.25, 0.3) is 0 Å². The van der Waals surface area contributed by atoms with Gasteiger partial charge in [-0.25, -0.2) is 0 Å². The Morgan fingerprint density at radius 2 is 1.84 bits per heavy atom. The Morgan fingerprint density at radius 3 is 2.37 bits per heavy atom. The summed E-state index contributed by atoms with van der Waals surface area (Å²) in [5.74, 6) is 0.947. The van der Waals surface area contributed by atoms with Gasteiger partial charge in [0.2, 0.25) is 0 Å². The van der Waals surface area contributed by atoms with Crippen molar-refractivity contribution in [3.63, 3.8) is 0 Å². The number of nitrogens with zero attached hydrogens (tertiary/aromatic N) is 1. The summed E-state index contributed by atoms with van der Waals surface area (Å²) in [6.07, 6.45) is 8.54. The molecule has 2 nitrogen and oxygen atoms in total. The van der Waals surface area contributed by atoms with Crippen LogP contribution >= 0.6 is 0 Å². The largest absolute Gasteiger partial charge is 0.314 e. The Kier molecular flexibility index (Phi) is 5.30. The molecule has 2 rings (SSSR count). The van der Waals surface area contributed by atoms with Crippen molar-refractivity contribution in [2.75, 3.05) is 19.6 Å². The molecule has 1 saturated carbocycles. The van der Waals surface area contributed by atoms with Crippen molar-refractivity contribution >= 4 is 0 Å². The van der Waals surface area contributed by atoms with Crippen LogP contribution in [0.15, 0.2) is 0 Å². The number of likely N-dealkylation sites (tertiary alicyclic amines) is 1. The van der Waals surface area contributed by atoms with E-state index >= 15 is 0 Å². The second-order valence-electron chi connectivity index (χ2n) is 7.68. The Balaban J connectivity index is 1.96. The highest BCUT2D eigenvalue weighted by Gasteiger charge is 2.37. The molecule has 112 valence electrons. The van der Waals surface area contributed by atoms with Crippen molar-refractivity contribution in [3.05, 3.63) is 0 Å². The van der Waals surface area contributed by atoms with Crippen molar-refractivity contribution in [3.8, 4) is 0 Å². The van der Waals surface area contributed by atoms with Gasteiger partial charge < -0.3 is 10.2 Å². The molecule has 19 heavy (non-hydrogen) atoms. The monoisotopic (exact) mass is 266 g/mol. The second-order valence-corrected chi connectivity index (χ2v) is 7.68. The Bertz CT molecular complexity index is 266. The van der Waals surface area contributed by atoms with Gasteiger partial charge in [-0.2, -0.15) is 0 Å². The Hall–Kier alpha value is -0.0800. The summed E-state index contributed by atoms with van der Waals surface area (Å²) >= 11 is 0. The Labute approximate surface area is 120 Å². The molecule has 2 aliphatic rings. The van der Waals surface area contributed by atoms with E-state index < -0.39 is 0 Å². The molecule has 2 fully saturated rings. The molecular formula is C17H34N2. The van der Waals surface area contributed by atoms with Crippen LogP contribution < -0.4 is 5.32 Å². The molecule has 0 aromatic carbocycles. The molecule has 1 aliphatic heterocycles. The summed E-state index contributed by atoms with van der Waals surface area (Å²) in [4.78, 5) is 2.76. The van der Waals surface area contributed by atoms with Crippen molar-refractivity contribution in [2.24, 2.45) is 11.3 Å². The fourth-order valence-electron chi connectivity index (χ4n) is 3.84. The van der Waals surface area contributed by atoms with E-state index in [1.165, 1.54) is 58.2 Å². The molecule has 1 unspecified atom stereocenters. The summed E-state index contributed by atoms with van der Waals surface area (Å²) in [6, 6.07) is 1.43. The number of nitrogens with one attached hydrogen (secondary N) is 1. The van der Waals surface area contributed by atoms with Crippen molar-refractivity contribution in [1.29, 1.82) is 0 Å². The normalized spacial score (nSPS) is 37.1. The topological polar surface area (TPSA) is 15.3 Å². The average molecular weight is 266 g/mol. The zero-order valence-electron chi connectivity index (χ0n) is 13.5. The smallest absolute Gasteiger partial charge is 0.00676 e. The maximum Gasteiger partial charge on any atom is 0.00676 e. The molecule has 1 atom stereocenters. The molecule has 0 amide bonds. The van der Waals surface area contributed by atoms with Crippen LogP contribution in [0.2, 0.25) is 0 Å². The zero-order valence-corrected chi connectivity index (χ0v) is 13.5. The van der Waals surface area contributed by atoms with Crippen LogP contribution in [0, 0.1) is 11.3 Å². The first kappa shape index (κ1) is 15.3. The van der Waals surface area contributed by atoms with Gasteiger partial charge >= 0.3 is 0 Å². The molecule has 2 heteroatoms. The third-order valence-corrected chi connectivity index (χ3v) is 5.45. The van der Waals surface area contributed by atoms with E-state index in [0.717, 1.165) is 12.0 Å². The maximum absolute atomic E-state index is 3.73. The fourth-order valence-corrected chi connectivity index (χ4v) is 3.84. The van der Waals surface area contributed by atoms with E-state index in [0.29, 0.717) is 11.5 Å². The first-order valence-electron chi connectivity index (χ1n) is 8.48. The lowest BCUT2D eigenvalue weighted by Crippen LogP contribution is -2.48. The molecule has 0 aromatic rings. The number of rotatable bonds is 5. The zero-order chi connectivity index (χ0) is 13.9. The third-order valence-electron chi connectivity index (χ3n) is 5.45. The molecule has 0 radical (unpaired) electrons. The van der Waals surface area contributed by atoms with E-state index in [-0.39, 0.29) is 0 Å². The quantitative estimate of drug-likeness (QED) is 0.817. The Morgan fingerprint density at radius 1 is 1.16 bits per heavy atom. The number of hydrogen-bond donors (Lipinski definition) is 1. The van der Waals surface area contributed by atoms with Gasteiger partial charge in [-0.15, -0.1) is 0 Å². The van der Waals surface area contributed by atoms with Crippen LogP contribution in [0.5, 0.6) is 0 Å². The van der Waals surface area contributed by atoms with Gasteiger partial charge in [0, 0.05) is 25.2 Å². The van der Waals surface area contributed by atoms with E-state index in [2.05, 4.69) is 37.9 Å². The first-order valence-corrected chi connectivity index (χ1v) is 8.48. The van der Waals surface area contributed by atoms with E-state index in [9.17, 15) is 0 Å². The van der Waals surface area contributed by atoms with E-state index in [4.69, 9.17) is 0 Å². The van der Waals surface area contributed by atoms with Crippen molar-refractivity contribution in [1.82, 2.24) is 10.2 Å². The van der Waals surface area contributed by atoms with Crippen LogP contribution in [0.1, 0.15) is 66.2 Å². The lowest BCUT2D eigenvalue weighted by atomic mass is 9.70. The lowest BCUT2D eigenvalue weighted by Gasteiger charge is -2.43. The highest BCUT2D eigenvalue weighted by Crippen LogP contribution is 2.40. The van der Waals surface area contributed by atoms with Gasteiger partial charge in [0.25, 0.3) is 0 Å². The summed E-state index contributed by atoms with van der Waals surface area (Å²) < 4.78 is 0. The van der Waals surface area contributed by atoms with Gasteiger partial charge in [-0.3, -0.25) is 0 Å². The van der Waals surface area contributed by atoms with Gasteiger partial charge in [0.1, 0.15) is 0 Å². The molecular weight excluding hydrogens is 232 g/mol. The van der Waals surface area contributed by atoms with Gasteiger partial charge in [-0.1, -0.05) is 33.6 Å². The second kappa shape index (κ2) is 6.58. The molecule has 0 spiro atoms. The van der Waals surface area contributed by atoms with Gasteiger partial charge in [-0.05, 0) is 50.5 Å². The number of hydrogen-bond acceptors (Lipinski definition) is 2. The minimum absolute atomic E-state index is 0.551. The van der Waals surface area contributed by atoms with Crippen LogP contribution in [0.3, 0.4) is 0 Å². The summed E-state index contributed by atoms with van der Waals surface area (Å²) in [6.45, 7) is 13.3. The predicted octanol–water partition coefficient (Wildman–Crippen LogP) is 3.67. The van der Waals surface area contributed by atoms with Crippen molar-refractivity contribution < 1.29 is 0 Å². The highest BCUT2D eigenvalue weighted by molar-refractivity contribution is 4.92. The SMILES string of the molecule is CC1CCC(CNC(C)C)(CN2CCCC2C)CC1. The fraction of sp³-hybridized carbons (Fsp3) is 1.00. The molecule has 1 saturated heterocycles. The van der Waals surface area contributed by atoms with Gasteiger partial charge in [0.15, 0.2) is 0 Å². The molecule has 0 aromatic heterocycles. The van der Waals surface area contributed by atoms with Crippen LogP contribution in [0.4, 0.5) is 0 Å². The van der Waals surface area contributed by atoms with Crippen LogP contribution in [-0.2, 0) is 0 Å². The lowest BCUT2D eigenvalue weighted by molar-refractivity contribution is 0.0814. The highest BCUT2D eigenvalue weighted by atomic mass is 15.2. The van der Waals surface area contributed by atoms with E-state index in [1.807, 2.05) is 0 Å². The molecule has 1 N–H and O–H groups in total. The molecule has 0 bridgehead atoms. The molecule has 1 heterocycles. The maximum atomic E-state index is 3.73. The first-order chi connectivity index (χ1) is 9.01. The minimum atomic E-state index is 0.551. The van der Waals surface area contributed by atoms with Crippen molar-refractivity contribution in [2.45, 2.75) is 78.3 Å². The van der Waals surface area contributed by atoms with Gasteiger partial charge in [0.05, 0.1) is 0 Å². The predicted molar refractivity (Wildman–Crippen MR) is 83.5 cm³/mol. The van der Waals surface area contributed by atoms with E-state index in [1.54, 1.807) is 0 Å². The standard InChI is InChI=1S/C17H34N2/c1-14(2)18-12-17(9-7-15(3)8-10-17)13-19-11-5-6-16(19)4/h14-16,18H,5-13H2,1-4H3. The summed E-state index contributed by atoms with van der Waals surface area (Å²) in [5, 5.41) is 3.73. The minimum Gasteiger partial charge on any atom is -0.314 e. The third kappa shape index (κ3) is 4.19. The summed E-state index contributed by atoms with van der Waals surface area (Å²) in [5.41, 5.74) is 0.551.